The Labute approximate surface area is 169 Å². The number of amides is 2. The molecule has 2 aromatic carbocycles. The number of aromatic nitrogens is 2. The molecule has 0 saturated carbocycles. The van der Waals surface area contributed by atoms with E-state index in [0.29, 0.717) is 28.3 Å². The van der Waals surface area contributed by atoms with Gasteiger partial charge in [0.2, 0.25) is 11.8 Å². The van der Waals surface area contributed by atoms with Crippen LogP contribution in [0.2, 0.25) is 0 Å². The van der Waals surface area contributed by atoms with Gasteiger partial charge in [0.1, 0.15) is 0 Å². The zero-order valence-electron chi connectivity index (χ0n) is 17.2. The molecule has 0 fully saturated rings. The molecule has 0 aliphatic carbocycles. The standard InChI is InChI=1S/C23H23N3O3/c1-12(2)15-8-6-9-16(13(3)4)20(15)26-22(27)18-11-7-10-17(19(18)23(26)28)21-25-24-14(5)29-21/h6-13H,1-5H3. The van der Waals surface area contributed by atoms with E-state index < -0.39 is 0 Å². The van der Waals surface area contributed by atoms with Gasteiger partial charge in [-0.2, -0.15) is 0 Å². The first-order chi connectivity index (χ1) is 13.8. The molecule has 0 spiro atoms. The van der Waals surface area contributed by atoms with Crippen LogP contribution in [0.3, 0.4) is 0 Å². The van der Waals surface area contributed by atoms with Crippen molar-refractivity contribution in [2.24, 2.45) is 0 Å². The van der Waals surface area contributed by atoms with Gasteiger partial charge >= 0.3 is 0 Å². The quantitative estimate of drug-likeness (QED) is 0.581. The molecule has 6 heteroatoms. The van der Waals surface area contributed by atoms with E-state index in [1.807, 2.05) is 18.2 Å². The molecule has 1 aliphatic heterocycles. The summed E-state index contributed by atoms with van der Waals surface area (Å²) in [6.45, 7) is 9.94. The van der Waals surface area contributed by atoms with Gasteiger partial charge in [0.25, 0.3) is 11.8 Å². The highest BCUT2D eigenvalue weighted by atomic mass is 16.4. The lowest BCUT2D eigenvalue weighted by Gasteiger charge is -2.25. The maximum absolute atomic E-state index is 13.6. The lowest BCUT2D eigenvalue weighted by Crippen LogP contribution is -2.32. The highest BCUT2D eigenvalue weighted by Crippen LogP contribution is 2.41. The average molecular weight is 389 g/mol. The van der Waals surface area contributed by atoms with E-state index in [9.17, 15) is 9.59 Å². The van der Waals surface area contributed by atoms with Gasteiger partial charge in [0, 0.05) is 6.92 Å². The number of nitrogens with zero attached hydrogens (tertiary/aromatic N) is 3. The van der Waals surface area contributed by atoms with E-state index in [1.165, 1.54) is 4.90 Å². The number of imide groups is 1. The Morgan fingerprint density at radius 3 is 1.97 bits per heavy atom. The molecular weight excluding hydrogens is 366 g/mol. The van der Waals surface area contributed by atoms with Gasteiger partial charge in [-0.15, -0.1) is 10.2 Å². The highest BCUT2D eigenvalue weighted by Gasteiger charge is 2.41. The summed E-state index contributed by atoms with van der Waals surface area (Å²) in [4.78, 5) is 28.3. The molecule has 6 nitrogen and oxygen atoms in total. The molecule has 0 unspecified atom stereocenters. The van der Waals surface area contributed by atoms with Crippen LogP contribution in [0.5, 0.6) is 0 Å². The minimum absolute atomic E-state index is 0.158. The van der Waals surface area contributed by atoms with E-state index in [-0.39, 0.29) is 29.5 Å². The van der Waals surface area contributed by atoms with Crippen LogP contribution in [-0.4, -0.2) is 22.0 Å². The van der Waals surface area contributed by atoms with E-state index >= 15 is 0 Å². The van der Waals surface area contributed by atoms with Crippen molar-refractivity contribution in [2.45, 2.75) is 46.5 Å². The molecular formula is C23H23N3O3. The summed E-state index contributed by atoms with van der Waals surface area (Å²) in [6.07, 6.45) is 0. The van der Waals surface area contributed by atoms with Crippen molar-refractivity contribution in [2.75, 3.05) is 4.90 Å². The summed E-state index contributed by atoms with van der Waals surface area (Å²) in [5.74, 6) is 0.281. The van der Waals surface area contributed by atoms with Crippen LogP contribution in [0.4, 0.5) is 5.69 Å². The Morgan fingerprint density at radius 1 is 0.828 bits per heavy atom. The van der Waals surface area contributed by atoms with Crippen LogP contribution in [-0.2, 0) is 0 Å². The number of fused-ring (bicyclic) bond motifs is 1. The number of para-hydroxylation sites is 1. The minimum Gasteiger partial charge on any atom is -0.421 e. The van der Waals surface area contributed by atoms with Crippen molar-refractivity contribution in [3.8, 4) is 11.5 Å². The van der Waals surface area contributed by atoms with Crippen molar-refractivity contribution >= 4 is 17.5 Å². The summed E-state index contributed by atoms with van der Waals surface area (Å²) < 4.78 is 5.54. The van der Waals surface area contributed by atoms with Crippen LogP contribution in [0.1, 0.15) is 77.3 Å². The van der Waals surface area contributed by atoms with Crippen LogP contribution >= 0.6 is 0 Å². The molecule has 1 aromatic heterocycles. The maximum atomic E-state index is 13.6. The third-order valence-electron chi connectivity index (χ3n) is 5.24. The molecule has 2 amide bonds. The lowest BCUT2D eigenvalue weighted by atomic mass is 9.92. The van der Waals surface area contributed by atoms with Gasteiger partial charge in [-0.25, -0.2) is 4.90 Å². The first-order valence-corrected chi connectivity index (χ1v) is 9.76. The summed E-state index contributed by atoms with van der Waals surface area (Å²) in [6, 6.07) is 11.1. The smallest absolute Gasteiger partial charge is 0.266 e. The number of hydrogen-bond acceptors (Lipinski definition) is 5. The Hall–Kier alpha value is -3.28. The Bertz CT molecular complexity index is 1100. The van der Waals surface area contributed by atoms with Crippen LogP contribution in [0.25, 0.3) is 11.5 Å². The predicted octanol–water partition coefficient (Wildman–Crippen LogP) is 5.09. The van der Waals surface area contributed by atoms with Gasteiger partial charge < -0.3 is 4.42 Å². The third-order valence-corrected chi connectivity index (χ3v) is 5.24. The normalized spacial score (nSPS) is 13.7. The van der Waals surface area contributed by atoms with Crippen molar-refractivity contribution in [1.29, 1.82) is 0 Å². The van der Waals surface area contributed by atoms with E-state index in [1.54, 1.807) is 25.1 Å². The van der Waals surface area contributed by atoms with Crippen molar-refractivity contribution in [1.82, 2.24) is 10.2 Å². The van der Waals surface area contributed by atoms with Crippen molar-refractivity contribution in [3.05, 3.63) is 64.5 Å². The number of anilines is 1. The average Bonchev–Trinajstić information content (AvgIpc) is 3.23. The zero-order chi connectivity index (χ0) is 20.9. The van der Waals surface area contributed by atoms with E-state index in [0.717, 1.165) is 11.1 Å². The number of hydrogen-bond donors (Lipinski definition) is 0. The molecule has 0 radical (unpaired) electrons. The number of aryl methyl sites for hydroxylation is 1. The highest BCUT2D eigenvalue weighted by molar-refractivity contribution is 6.36. The first kappa shape index (κ1) is 19.1. The molecule has 0 N–H and O–H groups in total. The predicted molar refractivity (Wildman–Crippen MR) is 110 cm³/mol. The molecule has 148 valence electrons. The number of carbonyl (C=O) groups excluding carboxylic acids is 2. The summed E-state index contributed by atoms with van der Waals surface area (Å²) in [7, 11) is 0. The Kier molecular flexibility index (Phi) is 4.57. The van der Waals surface area contributed by atoms with Gasteiger partial charge in [-0.1, -0.05) is 52.0 Å². The molecule has 4 rings (SSSR count). The van der Waals surface area contributed by atoms with Crippen molar-refractivity contribution < 1.29 is 14.0 Å². The summed E-state index contributed by atoms with van der Waals surface area (Å²) >= 11 is 0. The van der Waals surface area contributed by atoms with Gasteiger partial charge in [-0.05, 0) is 35.1 Å². The molecule has 1 aliphatic rings. The van der Waals surface area contributed by atoms with E-state index in [2.05, 4.69) is 37.9 Å². The molecule has 0 bridgehead atoms. The second-order valence-corrected chi connectivity index (χ2v) is 7.89. The molecule has 0 atom stereocenters. The first-order valence-electron chi connectivity index (χ1n) is 9.76. The molecule has 3 aromatic rings. The zero-order valence-corrected chi connectivity index (χ0v) is 17.2. The molecule has 29 heavy (non-hydrogen) atoms. The minimum atomic E-state index is -0.355. The van der Waals surface area contributed by atoms with Crippen LogP contribution in [0, 0.1) is 6.92 Å². The lowest BCUT2D eigenvalue weighted by molar-refractivity contribution is 0.0925. The van der Waals surface area contributed by atoms with Crippen molar-refractivity contribution in [3.63, 3.8) is 0 Å². The van der Waals surface area contributed by atoms with Gasteiger partial charge in [0.15, 0.2) is 0 Å². The molecule has 2 heterocycles. The maximum Gasteiger partial charge on any atom is 0.266 e. The summed E-state index contributed by atoms with van der Waals surface area (Å²) in [5, 5.41) is 7.90. The second-order valence-electron chi connectivity index (χ2n) is 7.89. The largest absolute Gasteiger partial charge is 0.421 e. The number of benzene rings is 2. The fourth-order valence-electron chi connectivity index (χ4n) is 3.84. The number of carbonyl (C=O) groups is 2. The third kappa shape index (κ3) is 2.95. The Morgan fingerprint density at radius 2 is 1.41 bits per heavy atom. The monoisotopic (exact) mass is 389 g/mol. The van der Waals surface area contributed by atoms with Gasteiger partial charge in [0.05, 0.1) is 22.4 Å². The van der Waals surface area contributed by atoms with Crippen LogP contribution in [0.15, 0.2) is 40.8 Å². The van der Waals surface area contributed by atoms with Crippen LogP contribution < -0.4 is 4.90 Å². The Balaban J connectivity index is 1.93. The SMILES string of the molecule is Cc1nnc(-c2cccc3c2C(=O)N(c2c(C(C)C)cccc2C(C)C)C3=O)o1. The van der Waals surface area contributed by atoms with Gasteiger partial charge in [-0.3, -0.25) is 9.59 Å². The topological polar surface area (TPSA) is 76.3 Å². The number of rotatable bonds is 4. The fraction of sp³-hybridized carbons (Fsp3) is 0.304. The summed E-state index contributed by atoms with van der Waals surface area (Å²) in [5.41, 5.74) is 3.79. The second kappa shape index (κ2) is 6.95. The molecule has 0 saturated heterocycles. The fourth-order valence-corrected chi connectivity index (χ4v) is 3.84. The van der Waals surface area contributed by atoms with E-state index in [4.69, 9.17) is 4.42 Å².